The van der Waals surface area contributed by atoms with E-state index in [-0.39, 0.29) is 0 Å². The van der Waals surface area contributed by atoms with Crippen molar-refractivity contribution in [2.24, 2.45) is 11.8 Å². The van der Waals surface area contributed by atoms with Gasteiger partial charge < -0.3 is 9.47 Å². The van der Waals surface area contributed by atoms with Gasteiger partial charge in [0.25, 0.3) is 0 Å². The molecule has 1 saturated carbocycles. The van der Waals surface area contributed by atoms with Crippen LogP contribution in [0.15, 0.2) is 6.33 Å². The van der Waals surface area contributed by atoms with Crippen LogP contribution < -0.4 is 0 Å². The minimum absolute atomic E-state index is 0.313. The second kappa shape index (κ2) is 5.94. The second-order valence-electron chi connectivity index (χ2n) is 6.16. The van der Waals surface area contributed by atoms with Crippen LogP contribution in [0.3, 0.4) is 0 Å². The van der Waals surface area contributed by atoms with Crippen LogP contribution in [0.4, 0.5) is 0 Å². The summed E-state index contributed by atoms with van der Waals surface area (Å²) in [6.07, 6.45) is 8.51. The predicted molar refractivity (Wildman–Crippen MR) is 76.0 cm³/mol. The average Bonchev–Trinajstić information content (AvgIpc) is 3.20. The lowest BCUT2D eigenvalue weighted by molar-refractivity contribution is -0.134. The molecule has 2 heterocycles. The fourth-order valence-corrected chi connectivity index (χ4v) is 3.59. The van der Waals surface area contributed by atoms with Crippen LogP contribution in [0.25, 0.3) is 0 Å². The number of hydrogen-bond donors (Lipinski definition) is 0. The number of carbonyl (C=O) groups is 1. The topological polar surface area (TPSA) is 51.0 Å². The Balaban J connectivity index is 1.55. The Bertz CT molecular complexity index is 464. The van der Waals surface area contributed by atoms with E-state index in [4.69, 9.17) is 0 Å². The van der Waals surface area contributed by atoms with E-state index in [9.17, 15) is 4.79 Å². The second-order valence-corrected chi connectivity index (χ2v) is 6.16. The molecular formula is C15H24N4O. The molecule has 1 aliphatic carbocycles. The van der Waals surface area contributed by atoms with E-state index in [0.29, 0.717) is 17.7 Å². The zero-order valence-electron chi connectivity index (χ0n) is 12.3. The summed E-state index contributed by atoms with van der Waals surface area (Å²) in [7, 11) is 0. The van der Waals surface area contributed by atoms with Gasteiger partial charge in [-0.05, 0) is 32.1 Å². The van der Waals surface area contributed by atoms with Gasteiger partial charge in [-0.1, -0.05) is 12.8 Å². The van der Waals surface area contributed by atoms with Crippen molar-refractivity contribution in [1.29, 1.82) is 0 Å². The zero-order chi connectivity index (χ0) is 13.9. The first-order chi connectivity index (χ1) is 9.78. The predicted octanol–water partition coefficient (Wildman–Crippen LogP) is 1.88. The number of likely N-dealkylation sites (tertiary alicyclic amines) is 1. The van der Waals surface area contributed by atoms with Gasteiger partial charge in [0, 0.05) is 32.0 Å². The Morgan fingerprint density at radius 3 is 2.90 bits per heavy atom. The van der Waals surface area contributed by atoms with Gasteiger partial charge in [0.2, 0.25) is 5.91 Å². The molecule has 2 fully saturated rings. The van der Waals surface area contributed by atoms with Gasteiger partial charge in [-0.3, -0.25) is 4.79 Å². The minimum Gasteiger partial charge on any atom is -0.342 e. The number of aromatic nitrogens is 3. The molecule has 0 bridgehead atoms. The molecule has 1 unspecified atom stereocenters. The van der Waals surface area contributed by atoms with Gasteiger partial charge in [-0.15, -0.1) is 10.2 Å². The van der Waals surface area contributed by atoms with Crippen molar-refractivity contribution in [3.8, 4) is 0 Å². The van der Waals surface area contributed by atoms with Crippen molar-refractivity contribution in [2.75, 3.05) is 13.1 Å². The molecule has 20 heavy (non-hydrogen) atoms. The monoisotopic (exact) mass is 276 g/mol. The summed E-state index contributed by atoms with van der Waals surface area (Å²) in [4.78, 5) is 14.5. The van der Waals surface area contributed by atoms with E-state index in [1.165, 1.54) is 12.8 Å². The first-order valence-corrected chi connectivity index (χ1v) is 7.93. The molecule has 2 aliphatic rings. The highest BCUT2D eigenvalue weighted by Gasteiger charge is 2.32. The van der Waals surface area contributed by atoms with Gasteiger partial charge in [-0.2, -0.15) is 0 Å². The quantitative estimate of drug-likeness (QED) is 0.843. The Labute approximate surface area is 120 Å². The Kier molecular flexibility index (Phi) is 4.03. The van der Waals surface area contributed by atoms with Crippen LogP contribution in [0.1, 0.15) is 44.9 Å². The lowest BCUT2D eigenvalue weighted by Crippen LogP contribution is -2.33. The number of aryl methyl sites for hydroxylation is 1. The maximum atomic E-state index is 12.4. The van der Waals surface area contributed by atoms with Gasteiger partial charge in [0.1, 0.15) is 12.2 Å². The lowest BCUT2D eigenvalue weighted by Gasteiger charge is -2.20. The molecule has 5 heteroatoms. The molecule has 1 atom stereocenters. The standard InChI is InChI=1S/C15H24N4O/c1-2-18-11-16-17-14(18)9-12-7-8-19(10-12)15(20)13-5-3-4-6-13/h11-13H,2-10H2,1H3. The SMILES string of the molecule is CCn1cnnc1CC1CCN(C(=O)C2CCCC2)C1. The maximum Gasteiger partial charge on any atom is 0.225 e. The molecule has 0 spiro atoms. The van der Waals surface area contributed by atoms with E-state index in [2.05, 4.69) is 26.6 Å². The summed E-state index contributed by atoms with van der Waals surface area (Å²) >= 11 is 0. The molecular weight excluding hydrogens is 252 g/mol. The Hall–Kier alpha value is -1.39. The highest BCUT2D eigenvalue weighted by atomic mass is 16.2. The summed E-state index contributed by atoms with van der Waals surface area (Å²) in [5.41, 5.74) is 0. The van der Waals surface area contributed by atoms with Crippen molar-refractivity contribution in [2.45, 2.75) is 52.0 Å². The summed E-state index contributed by atoms with van der Waals surface area (Å²) in [6, 6.07) is 0. The van der Waals surface area contributed by atoms with Crippen molar-refractivity contribution in [1.82, 2.24) is 19.7 Å². The molecule has 1 aromatic rings. The maximum absolute atomic E-state index is 12.4. The number of hydrogen-bond acceptors (Lipinski definition) is 3. The Morgan fingerprint density at radius 2 is 2.15 bits per heavy atom. The number of rotatable bonds is 4. The van der Waals surface area contributed by atoms with E-state index >= 15 is 0 Å². The number of carbonyl (C=O) groups excluding carboxylic acids is 1. The van der Waals surface area contributed by atoms with Crippen molar-refractivity contribution in [3.05, 3.63) is 12.2 Å². The summed E-state index contributed by atoms with van der Waals surface area (Å²) < 4.78 is 2.10. The Morgan fingerprint density at radius 1 is 1.35 bits per heavy atom. The van der Waals surface area contributed by atoms with Crippen LogP contribution >= 0.6 is 0 Å². The van der Waals surface area contributed by atoms with Crippen LogP contribution in [-0.2, 0) is 17.8 Å². The molecule has 0 radical (unpaired) electrons. The molecule has 1 amide bonds. The zero-order valence-corrected chi connectivity index (χ0v) is 12.3. The number of amides is 1. The first-order valence-electron chi connectivity index (χ1n) is 7.93. The first kappa shape index (κ1) is 13.6. The van der Waals surface area contributed by atoms with Gasteiger partial charge in [-0.25, -0.2) is 0 Å². The summed E-state index contributed by atoms with van der Waals surface area (Å²) in [6.45, 7) is 4.86. The summed E-state index contributed by atoms with van der Waals surface area (Å²) in [5.74, 6) is 2.33. The molecule has 3 rings (SSSR count). The van der Waals surface area contributed by atoms with Crippen LogP contribution in [0, 0.1) is 11.8 Å². The van der Waals surface area contributed by atoms with Crippen molar-refractivity contribution in [3.63, 3.8) is 0 Å². The fourth-order valence-electron chi connectivity index (χ4n) is 3.59. The van der Waals surface area contributed by atoms with E-state index < -0.39 is 0 Å². The lowest BCUT2D eigenvalue weighted by atomic mass is 10.0. The van der Waals surface area contributed by atoms with Crippen molar-refractivity contribution >= 4 is 5.91 Å². The van der Waals surface area contributed by atoms with Crippen molar-refractivity contribution < 1.29 is 4.79 Å². The highest BCUT2D eigenvalue weighted by Crippen LogP contribution is 2.29. The number of nitrogens with zero attached hydrogens (tertiary/aromatic N) is 4. The van der Waals surface area contributed by atoms with E-state index in [1.54, 1.807) is 6.33 Å². The fraction of sp³-hybridized carbons (Fsp3) is 0.800. The molecule has 110 valence electrons. The third kappa shape index (κ3) is 2.72. The smallest absolute Gasteiger partial charge is 0.225 e. The normalized spacial score (nSPS) is 23.6. The van der Waals surface area contributed by atoms with Crippen LogP contribution in [0.2, 0.25) is 0 Å². The van der Waals surface area contributed by atoms with Gasteiger partial charge in [0.05, 0.1) is 0 Å². The third-order valence-corrected chi connectivity index (χ3v) is 4.81. The molecule has 1 aliphatic heterocycles. The third-order valence-electron chi connectivity index (χ3n) is 4.81. The molecule has 5 nitrogen and oxygen atoms in total. The molecule has 1 aromatic heterocycles. The van der Waals surface area contributed by atoms with E-state index in [1.807, 2.05) is 0 Å². The van der Waals surface area contributed by atoms with Gasteiger partial charge >= 0.3 is 0 Å². The van der Waals surface area contributed by atoms with E-state index in [0.717, 1.165) is 51.1 Å². The highest BCUT2D eigenvalue weighted by molar-refractivity contribution is 5.79. The summed E-state index contributed by atoms with van der Waals surface area (Å²) in [5, 5.41) is 8.19. The largest absolute Gasteiger partial charge is 0.342 e. The average molecular weight is 276 g/mol. The minimum atomic E-state index is 0.313. The van der Waals surface area contributed by atoms with Crippen LogP contribution in [-0.4, -0.2) is 38.7 Å². The molecule has 0 N–H and O–H groups in total. The van der Waals surface area contributed by atoms with Gasteiger partial charge in [0.15, 0.2) is 0 Å². The van der Waals surface area contributed by atoms with Crippen LogP contribution in [0.5, 0.6) is 0 Å². The molecule has 0 aromatic carbocycles. The molecule has 1 saturated heterocycles.